The van der Waals surface area contributed by atoms with Gasteiger partial charge < -0.3 is 0 Å². The van der Waals surface area contributed by atoms with Gasteiger partial charge in [0, 0.05) is 0 Å². The summed E-state index contributed by atoms with van der Waals surface area (Å²) in [6.07, 6.45) is 4.28. The van der Waals surface area contributed by atoms with Crippen molar-refractivity contribution < 1.29 is 0 Å². The van der Waals surface area contributed by atoms with Crippen molar-refractivity contribution in [1.29, 1.82) is 0 Å². The fraction of sp³-hybridized carbons (Fsp3) is 1.00. The van der Waals surface area contributed by atoms with Gasteiger partial charge in [-0.15, -0.1) is 9.24 Å². The zero-order valence-corrected chi connectivity index (χ0v) is 9.16. The molecule has 0 amide bonds. The van der Waals surface area contributed by atoms with Crippen molar-refractivity contribution in [3.63, 3.8) is 0 Å². The third kappa shape index (κ3) is 2.18. The van der Waals surface area contributed by atoms with Crippen LogP contribution in [0.5, 0.6) is 0 Å². The van der Waals surface area contributed by atoms with Crippen LogP contribution in [0.2, 0.25) is 0 Å². The van der Waals surface area contributed by atoms with Gasteiger partial charge in [0.2, 0.25) is 0 Å². The number of hydrogen-bond acceptors (Lipinski definition) is 0. The predicted octanol–water partition coefficient (Wildman–Crippen LogP) is 3.32. The summed E-state index contributed by atoms with van der Waals surface area (Å²) in [5.74, 6) is 2.86. The van der Waals surface area contributed by atoms with Crippen LogP contribution in [0, 0.1) is 17.8 Å². The van der Waals surface area contributed by atoms with Gasteiger partial charge in [0.15, 0.2) is 0 Å². The largest absolute Gasteiger partial charge is 0.134 e. The van der Waals surface area contributed by atoms with Gasteiger partial charge in [0.25, 0.3) is 0 Å². The average molecular weight is 172 g/mol. The van der Waals surface area contributed by atoms with Crippen LogP contribution in [-0.4, -0.2) is 5.66 Å². The van der Waals surface area contributed by atoms with Crippen molar-refractivity contribution >= 4 is 9.24 Å². The van der Waals surface area contributed by atoms with Gasteiger partial charge in [-0.2, -0.15) is 0 Å². The lowest BCUT2D eigenvalue weighted by Gasteiger charge is -2.36. The maximum atomic E-state index is 3.02. The molecule has 5 unspecified atom stereocenters. The normalized spacial score (nSPS) is 45.8. The van der Waals surface area contributed by atoms with E-state index < -0.39 is 0 Å². The van der Waals surface area contributed by atoms with E-state index in [9.17, 15) is 0 Å². The molecule has 1 saturated carbocycles. The molecule has 1 aliphatic carbocycles. The molecule has 1 rings (SSSR count). The van der Waals surface area contributed by atoms with Gasteiger partial charge in [-0.05, 0) is 36.3 Å². The molecular formula is C10H21P. The third-order valence-electron chi connectivity index (χ3n) is 3.46. The smallest absolute Gasteiger partial charge is 0.0233 e. The van der Waals surface area contributed by atoms with Crippen LogP contribution in [-0.2, 0) is 0 Å². The zero-order valence-electron chi connectivity index (χ0n) is 8.01. The highest BCUT2D eigenvalue weighted by Crippen LogP contribution is 2.38. The summed E-state index contributed by atoms with van der Waals surface area (Å²) in [5, 5.41) is 0. The Morgan fingerprint density at radius 3 is 2.36 bits per heavy atom. The molecule has 1 aliphatic rings. The van der Waals surface area contributed by atoms with E-state index in [2.05, 4.69) is 30.0 Å². The van der Waals surface area contributed by atoms with Crippen LogP contribution in [0.4, 0.5) is 0 Å². The molecule has 0 radical (unpaired) electrons. The summed E-state index contributed by atoms with van der Waals surface area (Å²) in [6.45, 7) is 7.13. The standard InChI is InChI=1S/C10H21P/c1-4-9-5-7(2)8(3)10(11)6-9/h7-10H,4-6,11H2,1-3H3. The lowest BCUT2D eigenvalue weighted by molar-refractivity contribution is 0.212. The number of hydrogen-bond donors (Lipinski definition) is 0. The summed E-state index contributed by atoms with van der Waals surface area (Å²) < 4.78 is 0. The van der Waals surface area contributed by atoms with Gasteiger partial charge in [0.05, 0.1) is 0 Å². The molecule has 0 aliphatic heterocycles. The Labute approximate surface area is 73.3 Å². The fourth-order valence-electron chi connectivity index (χ4n) is 2.19. The molecule has 0 bridgehead atoms. The van der Waals surface area contributed by atoms with Crippen LogP contribution in [0.1, 0.15) is 40.0 Å². The molecule has 5 atom stereocenters. The second-order valence-electron chi connectivity index (χ2n) is 4.25. The highest BCUT2D eigenvalue weighted by Gasteiger charge is 2.28. The Kier molecular flexibility index (Phi) is 3.37. The van der Waals surface area contributed by atoms with Gasteiger partial charge in [-0.25, -0.2) is 0 Å². The quantitative estimate of drug-likeness (QED) is 0.532. The highest BCUT2D eigenvalue weighted by molar-refractivity contribution is 7.17. The minimum atomic E-state index is 0.878. The molecule has 66 valence electrons. The summed E-state index contributed by atoms with van der Waals surface area (Å²) in [7, 11) is 3.02. The molecule has 0 saturated heterocycles. The zero-order chi connectivity index (χ0) is 8.43. The molecule has 1 fully saturated rings. The Balaban J connectivity index is 2.47. The van der Waals surface area contributed by atoms with E-state index in [1.165, 1.54) is 19.3 Å². The van der Waals surface area contributed by atoms with Crippen molar-refractivity contribution in [2.45, 2.75) is 45.7 Å². The molecule has 0 spiro atoms. The van der Waals surface area contributed by atoms with E-state index in [0.717, 1.165) is 23.4 Å². The topological polar surface area (TPSA) is 0 Å². The van der Waals surface area contributed by atoms with E-state index in [1.54, 1.807) is 0 Å². The monoisotopic (exact) mass is 172 g/mol. The highest BCUT2D eigenvalue weighted by atomic mass is 31.0. The molecule has 0 aromatic heterocycles. The summed E-state index contributed by atoms with van der Waals surface area (Å²) in [6, 6.07) is 0. The maximum absolute atomic E-state index is 3.02. The van der Waals surface area contributed by atoms with Crippen molar-refractivity contribution in [1.82, 2.24) is 0 Å². The van der Waals surface area contributed by atoms with Gasteiger partial charge in [0.1, 0.15) is 0 Å². The Morgan fingerprint density at radius 2 is 1.91 bits per heavy atom. The third-order valence-corrected chi connectivity index (χ3v) is 4.34. The summed E-state index contributed by atoms with van der Waals surface area (Å²) >= 11 is 0. The molecule has 11 heavy (non-hydrogen) atoms. The second kappa shape index (κ2) is 3.90. The molecule has 0 aromatic rings. The Hall–Kier alpha value is 0.430. The van der Waals surface area contributed by atoms with Crippen LogP contribution >= 0.6 is 9.24 Å². The van der Waals surface area contributed by atoms with E-state index >= 15 is 0 Å². The first-order valence-electron chi connectivity index (χ1n) is 4.90. The molecule has 0 N–H and O–H groups in total. The minimum Gasteiger partial charge on any atom is -0.134 e. The van der Waals surface area contributed by atoms with E-state index in [4.69, 9.17) is 0 Å². The number of rotatable bonds is 1. The predicted molar refractivity (Wildman–Crippen MR) is 54.8 cm³/mol. The van der Waals surface area contributed by atoms with Crippen LogP contribution in [0.3, 0.4) is 0 Å². The molecule has 0 heterocycles. The Bertz CT molecular complexity index is 110. The fourth-order valence-corrected chi connectivity index (χ4v) is 2.96. The van der Waals surface area contributed by atoms with E-state index in [1.807, 2.05) is 0 Å². The SMILES string of the molecule is CCC1CC(C)C(C)C(P)C1. The minimum absolute atomic E-state index is 0.878. The van der Waals surface area contributed by atoms with Crippen LogP contribution in [0.15, 0.2) is 0 Å². The molecular weight excluding hydrogens is 151 g/mol. The lowest BCUT2D eigenvalue weighted by atomic mass is 9.74. The van der Waals surface area contributed by atoms with Crippen LogP contribution < -0.4 is 0 Å². The van der Waals surface area contributed by atoms with E-state index in [-0.39, 0.29) is 0 Å². The van der Waals surface area contributed by atoms with Crippen molar-refractivity contribution in [2.75, 3.05) is 0 Å². The maximum Gasteiger partial charge on any atom is -0.0233 e. The average Bonchev–Trinajstić information content (AvgIpc) is 1.99. The Morgan fingerprint density at radius 1 is 1.27 bits per heavy atom. The van der Waals surface area contributed by atoms with Gasteiger partial charge >= 0.3 is 0 Å². The first-order chi connectivity index (χ1) is 5.15. The molecule has 0 nitrogen and oxygen atoms in total. The molecule has 1 heteroatoms. The van der Waals surface area contributed by atoms with E-state index in [0.29, 0.717) is 0 Å². The first kappa shape index (κ1) is 9.52. The van der Waals surface area contributed by atoms with Crippen molar-refractivity contribution in [3.8, 4) is 0 Å². The van der Waals surface area contributed by atoms with Crippen LogP contribution in [0.25, 0.3) is 0 Å². The van der Waals surface area contributed by atoms with Crippen molar-refractivity contribution in [2.24, 2.45) is 17.8 Å². The summed E-state index contributed by atoms with van der Waals surface area (Å²) in [4.78, 5) is 0. The summed E-state index contributed by atoms with van der Waals surface area (Å²) in [5.41, 5.74) is 0.878. The lowest BCUT2D eigenvalue weighted by Crippen LogP contribution is -2.29. The second-order valence-corrected chi connectivity index (χ2v) is 5.10. The van der Waals surface area contributed by atoms with Crippen molar-refractivity contribution in [3.05, 3.63) is 0 Å². The van der Waals surface area contributed by atoms with Gasteiger partial charge in [-0.1, -0.05) is 27.2 Å². The molecule has 0 aromatic carbocycles. The van der Waals surface area contributed by atoms with Gasteiger partial charge in [-0.3, -0.25) is 0 Å². The first-order valence-corrected chi connectivity index (χ1v) is 5.57.